The van der Waals surface area contributed by atoms with E-state index in [4.69, 9.17) is 21.1 Å². The largest absolute Gasteiger partial charge is 0.495 e. The van der Waals surface area contributed by atoms with Gasteiger partial charge in [0.2, 0.25) is 0 Å². The van der Waals surface area contributed by atoms with Crippen molar-refractivity contribution in [3.8, 4) is 5.75 Å². The molecule has 0 saturated carbocycles. The number of methoxy groups -OCH3 is 2. The highest BCUT2D eigenvalue weighted by molar-refractivity contribution is 6.30. The molecule has 0 radical (unpaired) electrons. The Morgan fingerprint density at radius 1 is 1.09 bits per heavy atom. The van der Waals surface area contributed by atoms with E-state index < -0.39 is 12.0 Å². The van der Waals surface area contributed by atoms with Crippen molar-refractivity contribution in [1.82, 2.24) is 15.5 Å². The van der Waals surface area contributed by atoms with E-state index in [1.807, 2.05) is 24.3 Å². The number of para-hydroxylation sites is 2. The van der Waals surface area contributed by atoms with Crippen molar-refractivity contribution >= 4 is 29.3 Å². The molecule has 0 aromatic heterocycles. The van der Waals surface area contributed by atoms with Crippen LogP contribution < -0.4 is 20.3 Å². The standard InChI is InChI=1S/C24H27ClN4O4/c1-32-20-9-4-3-8-19(20)29-12-10-28(11-13-29)15-18-21(23(30)33-2)22(27-24(31)26-18)16-6-5-7-17(25)14-16/h3-9,14,22H,10-13,15H2,1-2H3,(H2,26,27,31). The predicted octanol–water partition coefficient (Wildman–Crippen LogP) is 2.95. The second kappa shape index (κ2) is 10.1. The molecule has 2 aliphatic rings. The Bertz CT molecular complexity index is 1070. The van der Waals surface area contributed by atoms with Crippen LogP contribution in [0.5, 0.6) is 5.75 Å². The number of carbonyl (C=O) groups is 2. The maximum Gasteiger partial charge on any atom is 0.338 e. The molecule has 2 N–H and O–H groups in total. The van der Waals surface area contributed by atoms with Crippen LogP contribution in [0.4, 0.5) is 10.5 Å². The average Bonchev–Trinajstić information content (AvgIpc) is 2.83. The SMILES string of the molecule is COC(=O)C1=C(CN2CCN(c3ccccc3OC)CC2)NC(=O)NC1c1cccc(Cl)c1. The van der Waals surface area contributed by atoms with E-state index in [0.29, 0.717) is 22.8 Å². The summed E-state index contributed by atoms with van der Waals surface area (Å²) in [5, 5.41) is 6.18. The number of hydrogen-bond acceptors (Lipinski definition) is 6. The molecular formula is C24H27ClN4O4. The Morgan fingerprint density at radius 3 is 2.55 bits per heavy atom. The molecule has 9 heteroatoms. The Labute approximate surface area is 198 Å². The van der Waals surface area contributed by atoms with Crippen LogP contribution in [0.25, 0.3) is 0 Å². The number of carbonyl (C=O) groups excluding carboxylic acids is 2. The van der Waals surface area contributed by atoms with Crippen LogP contribution in [0.15, 0.2) is 59.8 Å². The van der Waals surface area contributed by atoms with Crippen LogP contribution >= 0.6 is 11.6 Å². The van der Waals surface area contributed by atoms with Crippen LogP contribution in [0.1, 0.15) is 11.6 Å². The summed E-state index contributed by atoms with van der Waals surface area (Å²) >= 11 is 6.16. The van der Waals surface area contributed by atoms with Crippen molar-refractivity contribution in [3.05, 3.63) is 70.4 Å². The van der Waals surface area contributed by atoms with Gasteiger partial charge in [0.25, 0.3) is 0 Å². The van der Waals surface area contributed by atoms with Gasteiger partial charge in [0.15, 0.2) is 0 Å². The zero-order valence-corrected chi connectivity index (χ0v) is 19.4. The molecule has 8 nitrogen and oxygen atoms in total. The monoisotopic (exact) mass is 470 g/mol. The minimum atomic E-state index is -0.644. The Kier molecular flexibility index (Phi) is 7.05. The topological polar surface area (TPSA) is 83.1 Å². The maximum atomic E-state index is 12.8. The number of esters is 1. The van der Waals surface area contributed by atoms with Crippen LogP contribution in [-0.4, -0.2) is 63.8 Å². The molecule has 2 aliphatic heterocycles. The summed E-state index contributed by atoms with van der Waals surface area (Å²) in [6, 6.07) is 14.1. The first-order chi connectivity index (χ1) is 16.0. The highest BCUT2D eigenvalue weighted by atomic mass is 35.5. The number of benzene rings is 2. The lowest BCUT2D eigenvalue weighted by molar-refractivity contribution is -0.136. The van der Waals surface area contributed by atoms with E-state index in [9.17, 15) is 9.59 Å². The molecule has 1 fully saturated rings. The number of rotatable bonds is 6. The van der Waals surface area contributed by atoms with Crippen LogP contribution in [0, 0.1) is 0 Å². The van der Waals surface area contributed by atoms with Gasteiger partial charge in [-0.2, -0.15) is 0 Å². The van der Waals surface area contributed by atoms with Crippen molar-refractivity contribution in [2.45, 2.75) is 6.04 Å². The minimum absolute atomic E-state index is 0.365. The second-order valence-electron chi connectivity index (χ2n) is 7.91. The number of nitrogens with one attached hydrogen (secondary N) is 2. The van der Waals surface area contributed by atoms with Gasteiger partial charge in [-0.05, 0) is 29.8 Å². The van der Waals surface area contributed by atoms with Gasteiger partial charge < -0.3 is 25.0 Å². The molecule has 33 heavy (non-hydrogen) atoms. The van der Waals surface area contributed by atoms with Crippen LogP contribution in [0.3, 0.4) is 0 Å². The smallest absolute Gasteiger partial charge is 0.338 e. The molecule has 2 aromatic carbocycles. The lowest BCUT2D eigenvalue weighted by atomic mass is 9.95. The Morgan fingerprint density at radius 2 is 1.85 bits per heavy atom. The van der Waals surface area contributed by atoms with E-state index in [2.05, 4.69) is 26.5 Å². The van der Waals surface area contributed by atoms with Crippen molar-refractivity contribution in [1.29, 1.82) is 0 Å². The zero-order chi connectivity index (χ0) is 23.4. The highest BCUT2D eigenvalue weighted by Crippen LogP contribution is 2.31. The van der Waals surface area contributed by atoms with E-state index in [1.54, 1.807) is 25.3 Å². The lowest BCUT2D eigenvalue weighted by Crippen LogP contribution is -2.51. The van der Waals surface area contributed by atoms with Crippen LogP contribution in [0.2, 0.25) is 5.02 Å². The van der Waals surface area contributed by atoms with Gasteiger partial charge in [0.1, 0.15) is 5.75 Å². The number of nitrogens with zero attached hydrogens (tertiary/aromatic N) is 2. The van der Waals surface area contributed by atoms with Crippen molar-refractivity contribution in [2.24, 2.45) is 0 Å². The van der Waals surface area contributed by atoms with Crippen molar-refractivity contribution in [2.75, 3.05) is 51.8 Å². The molecule has 0 aliphatic carbocycles. The molecule has 1 saturated heterocycles. The fraction of sp³-hybridized carbons (Fsp3) is 0.333. The molecule has 2 amide bonds. The number of piperazine rings is 1. The molecule has 0 spiro atoms. The summed E-state index contributed by atoms with van der Waals surface area (Å²) in [5.74, 6) is 0.353. The third-order valence-electron chi connectivity index (χ3n) is 5.92. The van der Waals surface area contributed by atoms with E-state index >= 15 is 0 Å². The molecule has 1 unspecified atom stereocenters. The Hall–Kier alpha value is -3.23. The number of anilines is 1. The molecule has 2 heterocycles. The van der Waals surface area contributed by atoms with E-state index in [1.165, 1.54) is 7.11 Å². The first-order valence-corrected chi connectivity index (χ1v) is 11.1. The van der Waals surface area contributed by atoms with Gasteiger partial charge in [-0.3, -0.25) is 4.90 Å². The summed E-state index contributed by atoms with van der Waals surface area (Å²) < 4.78 is 10.6. The van der Waals surface area contributed by atoms with Crippen molar-refractivity contribution < 1.29 is 19.1 Å². The minimum Gasteiger partial charge on any atom is -0.495 e. The number of halogens is 1. The van der Waals surface area contributed by atoms with Crippen molar-refractivity contribution in [3.63, 3.8) is 0 Å². The molecule has 2 aromatic rings. The van der Waals surface area contributed by atoms with E-state index in [-0.39, 0.29) is 6.03 Å². The summed E-state index contributed by atoms with van der Waals surface area (Å²) in [6.45, 7) is 3.55. The second-order valence-corrected chi connectivity index (χ2v) is 8.34. The predicted molar refractivity (Wildman–Crippen MR) is 127 cm³/mol. The van der Waals surface area contributed by atoms with Gasteiger partial charge in [-0.1, -0.05) is 35.9 Å². The Balaban J connectivity index is 1.55. The number of hydrogen-bond donors (Lipinski definition) is 2. The number of urea groups is 1. The third-order valence-corrected chi connectivity index (χ3v) is 6.16. The van der Waals surface area contributed by atoms with Gasteiger partial charge in [0.05, 0.1) is 31.5 Å². The van der Waals surface area contributed by atoms with Gasteiger partial charge in [0, 0.05) is 43.4 Å². The quantitative estimate of drug-likeness (QED) is 0.632. The zero-order valence-electron chi connectivity index (χ0n) is 18.6. The van der Waals surface area contributed by atoms with Gasteiger partial charge >= 0.3 is 12.0 Å². The average molecular weight is 471 g/mol. The fourth-order valence-corrected chi connectivity index (χ4v) is 4.49. The maximum absolute atomic E-state index is 12.8. The molecule has 1 atom stereocenters. The number of ether oxygens (including phenoxy) is 2. The third kappa shape index (κ3) is 5.07. The van der Waals surface area contributed by atoms with Gasteiger partial charge in [-0.25, -0.2) is 9.59 Å². The van der Waals surface area contributed by atoms with E-state index in [0.717, 1.165) is 43.2 Å². The lowest BCUT2D eigenvalue weighted by Gasteiger charge is -2.38. The number of amides is 2. The molecule has 0 bridgehead atoms. The highest BCUT2D eigenvalue weighted by Gasteiger charge is 2.34. The summed E-state index contributed by atoms with van der Waals surface area (Å²) in [6.07, 6.45) is 0. The first kappa shape index (κ1) is 22.9. The van der Waals surface area contributed by atoms with Crippen LogP contribution in [-0.2, 0) is 9.53 Å². The summed E-state index contributed by atoms with van der Waals surface area (Å²) in [7, 11) is 3.01. The first-order valence-electron chi connectivity index (χ1n) is 10.7. The summed E-state index contributed by atoms with van der Waals surface area (Å²) in [5.41, 5.74) is 2.70. The molecule has 174 valence electrons. The fourth-order valence-electron chi connectivity index (χ4n) is 4.29. The summed E-state index contributed by atoms with van der Waals surface area (Å²) in [4.78, 5) is 29.7. The molecule has 4 rings (SSSR count). The normalized spacial score (nSPS) is 19.1. The van der Waals surface area contributed by atoms with Gasteiger partial charge in [-0.15, -0.1) is 0 Å². The molecular weight excluding hydrogens is 444 g/mol.